The predicted octanol–water partition coefficient (Wildman–Crippen LogP) is 0.322. The van der Waals surface area contributed by atoms with E-state index in [9.17, 15) is 0 Å². The van der Waals surface area contributed by atoms with Gasteiger partial charge in [0.25, 0.3) is 0 Å². The Balaban J connectivity index is 4.14. The lowest BCUT2D eigenvalue weighted by Crippen LogP contribution is -2.29. The topological polar surface area (TPSA) is 111 Å². The van der Waals surface area contributed by atoms with Crippen LogP contribution in [0.1, 0.15) is 38.5 Å². The smallest absolute Gasteiger partial charge is 0.0163 e. The first-order valence-electron chi connectivity index (χ1n) is 9.68. The van der Waals surface area contributed by atoms with Crippen LogP contribution in [0.5, 0.6) is 0 Å². The molecule has 0 aliphatic carbocycles. The summed E-state index contributed by atoms with van der Waals surface area (Å²) in [5, 5.41) is 0. The summed E-state index contributed by atoms with van der Waals surface area (Å²) in [6, 6.07) is 0. The second-order valence-corrected chi connectivity index (χ2v) is 6.35. The van der Waals surface area contributed by atoms with Crippen LogP contribution in [-0.2, 0) is 0 Å². The summed E-state index contributed by atoms with van der Waals surface area (Å²) in [5.41, 5.74) is 22.5. The van der Waals surface area contributed by atoms with Crippen LogP contribution in [0, 0.1) is 0 Å². The third-order valence-electron chi connectivity index (χ3n) is 4.11. The first-order valence-corrected chi connectivity index (χ1v) is 9.68. The quantitative estimate of drug-likeness (QED) is 0.211. The van der Waals surface area contributed by atoms with Gasteiger partial charge in [0.2, 0.25) is 0 Å². The molecule has 0 saturated heterocycles. The first kappa shape index (κ1) is 23.5. The second-order valence-electron chi connectivity index (χ2n) is 6.35. The van der Waals surface area contributed by atoms with Gasteiger partial charge in [-0.2, -0.15) is 0 Å². The van der Waals surface area contributed by atoms with Crippen LogP contribution in [0.25, 0.3) is 0 Å². The molecular formula is C18H42N6. The summed E-state index contributed by atoms with van der Waals surface area (Å²) in [5.74, 6) is 0. The van der Waals surface area contributed by atoms with Gasteiger partial charge >= 0.3 is 0 Å². The van der Waals surface area contributed by atoms with Crippen LogP contribution in [-0.4, -0.2) is 75.2 Å². The summed E-state index contributed by atoms with van der Waals surface area (Å²) in [7, 11) is 0. The Morgan fingerprint density at radius 2 is 0.792 bits per heavy atom. The molecule has 0 aromatic carbocycles. The molecule has 144 valence electrons. The zero-order valence-electron chi connectivity index (χ0n) is 15.7. The van der Waals surface area contributed by atoms with Gasteiger partial charge in [0.15, 0.2) is 0 Å². The molecule has 0 aromatic rings. The third-order valence-corrected chi connectivity index (χ3v) is 4.11. The van der Waals surface area contributed by atoms with Gasteiger partial charge in [-0.15, -0.1) is 0 Å². The molecule has 0 atom stereocenters. The van der Waals surface area contributed by atoms with Crippen molar-refractivity contribution in [3.63, 3.8) is 0 Å². The lowest BCUT2D eigenvalue weighted by atomic mass is 10.2. The van der Waals surface area contributed by atoms with E-state index in [0.717, 1.165) is 104 Å². The average Bonchev–Trinajstić information content (AvgIpc) is 2.60. The van der Waals surface area contributed by atoms with E-state index in [1.165, 1.54) is 0 Å². The second kappa shape index (κ2) is 18.8. The number of nitrogens with zero attached hydrogens (tertiary/aromatic N) is 2. The molecule has 0 aromatic heterocycles. The zero-order chi connectivity index (χ0) is 17.9. The maximum atomic E-state index is 5.64. The molecule has 0 heterocycles. The van der Waals surface area contributed by atoms with Gasteiger partial charge in [0.1, 0.15) is 0 Å². The lowest BCUT2D eigenvalue weighted by Gasteiger charge is -2.22. The maximum absolute atomic E-state index is 5.64. The largest absolute Gasteiger partial charge is 0.330 e. The Morgan fingerprint density at radius 3 is 1.12 bits per heavy atom. The van der Waals surface area contributed by atoms with E-state index < -0.39 is 0 Å². The van der Waals surface area contributed by atoms with Crippen molar-refractivity contribution in [3.8, 4) is 0 Å². The minimum absolute atomic E-state index is 0.755. The molecule has 8 N–H and O–H groups in total. The average molecular weight is 343 g/mol. The van der Waals surface area contributed by atoms with E-state index in [-0.39, 0.29) is 0 Å². The highest BCUT2D eigenvalue weighted by molar-refractivity contribution is 4.88. The fourth-order valence-corrected chi connectivity index (χ4v) is 2.63. The minimum atomic E-state index is 0.755. The molecule has 0 aliphatic heterocycles. The Morgan fingerprint density at radius 1 is 0.458 bits per heavy atom. The molecule has 24 heavy (non-hydrogen) atoms. The van der Waals surface area contributed by atoms with Crippen LogP contribution >= 0.6 is 0 Å². The zero-order valence-corrected chi connectivity index (χ0v) is 15.7. The fraction of sp³-hybridized carbons (Fsp3) is 0.889. The van der Waals surface area contributed by atoms with Gasteiger partial charge in [-0.25, -0.2) is 0 Å². The molecule has 0 aliphatic rings. The summed E-state index contributed by atoms with van der Waals surface area (Å²) >= 11 is 0. The third kappa shape index (κ3) is 15.1. The van der Waals surface area contributed by atoms with Crippen molar-refractivity contribution in [2.45, 2.75) is 38.5 Å². The van der Waals surface area contributed by atoms with Crippen molar-refractivity contribution in [1.29, 1.82) is 0 Å². The fourth-order valence-electron chi connectivity index (χ4n) is 2.63. The standard InChI is InChI=1S/C18H42N6/c19-9-1-3-13-23(17-7-11-21)15-5-6-16-24(18-8-12-22)14-4-2-10-20/h5-6H,1-4,7-22H2/b6-5+. The van der Waals surface area contributed by atoms with Crippen molar-refractivity contribution >= 4 is 0 Å². The van der Waals surface area contributed by atoms with Gasteiger partial charge in [0.05, 0.1) is 0 Å². The van der Waals surface area contributed by atoms with E-state index >= 15 is 0 Å². The minimum Gasteiger partial charge on any atom is -0.330 e. The van der Waals surface area contributed by atoms with Crippen LogP contribution in [0.4, 0.5) is 0 Å². The van der Waals surface area contributed by atoms with Crippen LogP contribution < -0.4 is 22.9 Å². The summed E-state index contributed by atoms with van der Waals surface area (Å²) in [6.45, 7) is 9.41. The molecule has 0 fully saturated rings. The van der Waals surface area contributed by atoms with Gasteiger partial charge in [-0.1, -0.05) is 12.2 Å². The summed E-state index contributed by atoms with van der Waals surface area (Å²) < 4.78 is 0. The Labute approximate surface area is 149 Å². The highest BCUT2D eigenvalue weighted by Gasteiger charge is 2.03. The van der Waals surface area contributed by atoms with Crippen molar-refractivity contribution in [3.05, 3.63) is 12.2 Å². The van der Waals surface area contributed by atoms with Gasteiger partial charge in [0, 0.05) is 13.1 Å². The number of hydrogen-bond donors (Lipinski definition) is 4. The Hall–Kier alpha value is -0.500. The molecule has 0 rings (SSSR count). The summed E-state index contributed by atoms with van der Waals surface area (Å²) in [4.78, 5) is 4.94. The van der Waals surface area contributed by atoms with Crippen LogP contribution in [0.15, 0.2) is 12.2 Å². The SMILES string of the molecule is NCCCCN(C/C=C/CN(CCCN)CCCCN)CCCN. The molecular weight excluding hydrogens is 300 g/mol. The van der Waals surface area contributed by atoms with E-state index in [2.05, 4.69) is 22.0 Å². The van der Waals surface area contributed by atoms with Gasteiger partial charge < -0.3 is 22.9 Å². The molecule has 0 bridgehead atoms. The molecule has 0 unspecified atom stereocenters. The molecule has 0 radical (unpaired) electrons. The normalized spacial score (nSPS) is 12.1. The molecule has 6 heteroatoms. The van der Waals surface area contributed by atoms with Gasteiger partial charge in [-0.05, 0) is 90.9 Å². The number of hydrogen-bond acceptors (Lipinski definition) is 6. The van der Waals surface area contributed by atoms with E-state index in [1.807, 2.05) is 0 Å². The molecule has 0 saturated carbocycles. The highest BCUT2D eigenvalue weighted by Crippen LogP contribution is 1.99. The monoisotopic (exact) mass is 342 g/mol. The maximum Gasteiger partial charge on any atom is 0.0163 e. The lowest BCUT2D eigenvalue weighted by molar-refractivity contribution is 0.287. The molecule has 0 amide bonds. The van der Waals surface area contributed by atoms with Crippen LogP contribution in [0.3, 0.4) is 0 Å². The van der Waals surface area contributed by atoms with Crippen molar-refractivity contribution in [1.82, 2.24) is 9.80 Å². The van der Waals surface area contributed by atoms with Crippen molar-refractivity contribution in [2.75, 3.05) is 65.4 Å². The van der Waals surface area contributed by atoms with Crippen molar-refractivity contribution in [2.24, 2.45) is 22.9 Å². The van der Waals surface area contributed by atoms with E-state index in [0.29, 0.717) is 0 Å². The van der Waals surface area contributed by atoms with Gasteiger partial charge in [-0.3, -0.25) is 9.80 Å². The highest BCUT2D eigenvalue weighted by atomic mass is 15.1. The van der Waals surface area contributed by atoms with Crippen molar-refractivity contribution < 1.29 is 0 Å². The molecule has 6 nitrogen and oxygen atoms in total. The predicted molar refractivity (Wildman–Crippen MR) is 106 cm³/mol. The Kier molecular flexibility index (Phi) is 18.4. The molecule has 0 spiro atoms. The number of unbranched alkanes of at least 4 members (excludes halogenated alkanes) is 2. The van der Waals surface area contributed by atoms with E-state index in [4.69, 9.17) is 22.9 Å². The first-order chi connectivity index (χ1) is 11.8. The van der Waals surface area contributed by atoms with Crippen LogP contribution in [0.2, 0.25) is 0 Å². The number of nitrogens with two attached hydrogens (primary N) is 4. The summed E-state index contributed by atoms with van der Waals surface area (Å²) in [6.07, 6.45) is 11.2. The number of rotatable bonds is 18. The Bertz CT molecular complexity index is 246. The van der Waals surface area contributed by atoms with E-state index in [1.54, 1.807) is 0 Å².